The van der Waals surface area contributed by atoms with Gasteiger partial charge in [-0.1, -0.05) is 0 Å². The lowest BCUT2D eigenvalue weighted by Crippen LogP contribution is -2.49. The molecule has 1 aromatic heterocycles. The molecule has 4 fully saturated rings. The zero-order chi connectivity index (χ0) is 16.0. The Hall–Kier alpha value is -1.84. The summed E-state index contributed by atoms with van der Waals surface area (Å²) in [6.45, 7) is 0. The van der Waals surface area contributed by atoms with Crippen LogP contribution in [-0.2, 0) is 9.53 Å². The van der Waals surface area contributed by atoms with E-state index in [0.717, 1.165) is 37.0 Å². The molecule has 0 atom stereocenters. The lowest BCUT2D eigenvalue weighted by molar-refractivity contribution is -0.138. The third-order valence-corrected chi connectivity index (χ3v) is 6.04. The van der Waals surface area contributed by atoms with Crippen LogP contribution in [0.25, 0.3) is 6.08 Å². The third-order valence-electron chi connectivity index (χ3n) is 6.04. The summed E-state index contributed by atoms with van der Waals surface area (Å²) in [6, 6.07) is 1.69. The predicted molar refractivity (Wildman–Crippen MR) is 84.7 cm³/mol. The van der Waals surface area contributed by atoms with Crippen LogP contribution in [0.2, 0.25) is 0 Å². The van der Waals surface area contributed by atoms with Crippen molar-refractivity contribution in [1.82, 2.24) is 0 Å². The smallest absolute Gasteiger partial charge is 0.374 e. The largest absolute Gasteiger partial charge is 0.463 e. The molecule has 0 aromatic carbocycles. The van der Waals surface area contributed by atoms with Crippen molar-refractivity contribution in [2.24, 2.45) is 23.2 Å². The Morgan fingerprint density at radius 1 is 1.17 bits per heavy atom. The van der Waals surface area contributed by atoms with E-state index in [1.54, 1.807) is 18.2 Å². The number of furan rings is 1. The number of methoxy groups -OCH3 is 1. The molecule has 4 aliphatic rings. The molecule has 0 spiro atoms. The van der Waals surface area contributed by atoms with E-state index in [2.05, 4.69) is 0 Å². The first kappa shape index (κ1) is 14.7. The Kier molecular flexibility index (Phi) is 3.43. The second-order valence-electron chi connectivity index (χ2n) is 7.59. The highest BCUT2D eigenvalue weighted by Crippen LogP contribution is 2.60. The summed E-state index contributed by atoms with van der Waals surface area (Å²) in [6.07, 6.45) is 11.9. The quantitative estimate of drug-likeness (QED) is 0.625. The molecule has 1 aromatic rings. The first-order valence-corrected chi connectivity index (χ1v) is 8.48. The first-order chi connectivity index (χ1) is 11.1. The maximum Gasteiger partial charge on any atom is 0.374 e. The topological polar surface area (TPSA) is 56.5 Å². The molecule has 0 saturated heterocycles. The van der Waals surface area contributed by atoms with Crippen molar-refractivity contribution in [3.8, 4) is 0 Å². The standard InChI is InChI=1S/C19H22O4/c1-22-18(21)17-15(4-5-23-17)2-3-16(20)19-9-12-6-13(10-19)8-14(7-12)11-19/h2-5,12-14H,6-11H2,1H3/b3-2+. The summed E-state index contributed by atoms with van der Waals surface area (Å²) in [5.41, 5.74) is 0.468. The molecule has 4 nitrogen and oxygen atoms in total. The number of carbonyl (C=O) groups excluding carboxylic acids is 2. The van der Waals surface area contributed by atoms with Crippen LogP contribution in [0.4, 0.5) is 0 Å². The number of esters is 1. The van der Waals surface area contributed by atoms with Crippen LogP contribution in [0.5, 0.6) is 0 Å². The molecule has 0 aliphatic heterocycles. The lowest BCUT2D eigenvalue weighted by Gasteiger charge is -2.55. The number of ketones is 1. The molecular formula is C19H22O4. The Balaban J connectivity index is 1.54. The van der Waals surface area contributed by atoms with Crippen LogP contribution >= 0.6 is 0 Å². The first-order valence-electron chi connectivity index (χ1n) is 8.48. The van der Waals surface area contributed by atoms with Crippen LogP contribution in [0.15, 0.2) is 22.8 Å². The minimum atomic E-state index is -0.517. The fourth-order valence-corrected chi connectivity index (χ4v) is 5.46. The van der Waals surface area contributed by atoms with Gasteiger partial charge in [-0.25, -0.2) is 4.79 Å². The van der Waals surface area contributed by atoms with Crippen molar-refractivity contribution in [2.75, 3.05) is 7.11 Å². The van der Waals surface area contributed by atoms with Crippen molar-refractivity contribution in [2.45, 2.75) is 38.5 Å². The maximum absolute atomic E-state index is 12.9. The molecule has 4 aliphatic carbocycles. The second kappa shape index (κ2) is 5.36. The van der Waals surface area contributed by atoms with Crippen LogP contribution in [0.1, 0.15) is 54.6 Å². The number of ether oxygens (including phenoxy) is 1. The van der Waals surface area contributed by atoms with Gasteiger partial charge in [0.25, 0.3) is 0 Å². The van der Waals surface area contributed by atoms with E-state index in [1.165, 1.54) is 32.6 Å². The van der Waals surface area contributed by atoms with Crippen molar-refractivity contribution in [3.63, 3.8) is 0 Å². The minimum absolute atomic E-state index is 0.138. The molecule has 122 valence electrons. The fourth-order valence-electron chi connectivity index (χ4n) is 5.46. The van der Waals surface area contributed by atoms with Gasteiger partial charge in [0.2, 0.25) is 5.76 Å². The lowest BCUT2D eigenvalue weighted by atomic mass is 9.48. The Labute approximate surface area is 135 Å². The molecular weight excluding hydrogens is 292 g/mol. The summed E-state index contributed by atoms with van der Waals surface area (Å²) in [4.78, 5) is 24.5. The molecule has 4 heteroatoms. The van der Waals surface area contributed by atoms with Gasteiger partial charge in [-0.2, -0.15) is 0 Å². The normalized spacial score (nSPS) is 34.9. The number of hydrogen-bond donors (Lipinski definition) is 0. The van der Waals surface area contributed by atoms with Crippen LogP contribution in [0.3, 0.4) is 0 Å². The second-order valence-corrected chi connectivity index (χ2v) is 7.59. The molecule has 1 heterocycles. The molecule has 0 amide bonds. The highest BCUT2D eigenvalue weighted by molar-refractivity contribution is 6.00. The van der Waals surface area contributed by atoms with Crippen LogP contribution < -0.4 is 0 Å². The van der Waals surface area contributed by atoms with Crippen molar-refractivity contribution in [3.05, 3.63) is 29.7 Å². The molecule has 0 radical (unpaired) electrons. The van der Waals surface area contributed by atoms with Gasteiger partial charge in [0, 0.05) is 11.0 Å². The summed E-state index contributed by atoms with van der Waals surface area (Å²) in [7, 11) is 1.32. The molecule has 23 heavy (non-hydrogen) atoms. The van der Waals surface area contributed by atoms with Gasteiger partial charge in [0.15, 0.2) is 5.78 Å². The maximum atomic E-state index is 12.9. The fraction of sp³-hybridized carbons (Fsp3) is 0.579. The van der Waals surface area contributed by atoms with Crippen LogP contribution in [0, 0.1) is 23.2 Å². The Morgan fingerprint density at radius 3 is 2.35 bits per heavy atom. The summed E-state index contributed by atoms with van der Waals surface area (Å²) in [5, 5.41) is 0. The summed E-state index contributed by atoms with van der Waals surface area (Å²) in [5.74, 6) is 2.11. The predicted octanol–water partition coefficient (Wildman–Crippen LogP) is 3.86. The monoisotopic (exact) mass is 314 g/mol. The highest BCUT2D eigenvalue weighted by Gasteiger charge is 2.53. The molecule has 4 bridgehead atoms. The van der Waals surface area contributed by atoms with E-state index in [0.29, 0.717) is 5.56 Å². The summed E-state index contributed by atoms with van der Waals surface area (Å²) >= 11 is 0. The van der Waals surface area contributed by atoms with Gasteiger partial charge in [0.1, 0.15) is 0 Å². The highest BCUT2D eigenvalue weighted by atomic mass is 16.5. The van der Waals surface area contributed by atoms with E-state index in [1.807, 2.05) is 0 Å². The van der Waals surface area contributed by atoms with E-state index < -0.39 is 5.97 Å². The number of carbonyl (C=O) groups is 2. The molecule has 4 saturated carbocycles. The van der Waals surface area contributed by atoms with Crippen LogP contribution in [-0.4, -0.2) is 18.9 Å². The number of hydrogen-bond acceptors (Lipinski definition) is 4. The van der Waals surface area contributed by atoms with Gasteiger partial charge >= 0.3 is 5.97 Å². The molecule has 5 rings (SSSR count). The van der Waals surface area contributed by atoms with E-state index in [-0.39, 0.29) is 17.0 Å². The van der Waals surface area contributed by atoms with Crippen molar-refractivity contribution >= 4 is 17.8 Å². The average Bonchev–Trinajstić information content (AvgIpc) is 2.99. The zero-order valence-electron chi connectivity index (χ0n) is 13.4. The van der Waals surface area contributed by atoms with Crippen molar-refractivity contribution in [1.29, 1.82) is 0 Å². The molecule has 0 N–H and O–H groups in total. The van der Waals surface area contributed by atoms with E-state index in [9.17, 15) is 9.59 Å². The van der Waals surface area contributed by atoms with E-state index in [4.69, 9.17) is 9.15 Å². The molecule has 0 unspecified atom stereocenters. The minimum Gasteiger partial charge on any atom is -0.463 e. The van der Waals surface area contributed by atoms with Gasteiger partial charge in [-0.15, -0.1) is 0 Å². The Bertz CT molecular complexity index is 631. The van der Waals surface area contributed by atoms with Gasteiger partial charge in [-0.05, 0) is 74.5 Å². The third kappa shape index (κ3) is 2.44. The number of allylic oxidation sites excluding steroid dienone is 1. The van der Waals surface area contributed by atoms with Gasteiger partial charge < -0.3 is 9.15 Å². The average molecular weight is 314 g/mol. The van der Waals surface area contributed by atoms with Gasteiger partial charge in [0.05, 0.1) is 13.4 Å². The summed E-state index contributed by atoms with van der Waals surface area (Å²) < 4.78 is 9.85. The Morgan fingerprint density at radius 2 is 1.78 bits per heavy atom. The van der Waals surface area contributed by atoms with E-state index >= 15 is 0 Å². The van der Waals surface area contributed by atoms with Gasteiger partial charge in [-0.3, -0.25) is 4.79 Å². The SMILES string of the molecule is COC(=O)c1occc1/C=C/C(=O)C12CC3CC(CC(C3)C1)C2. The zero-order valence-corrected chi connectivity index (χ0v) is 13.4. The van der Waals surface area contributed by atoms with Crippen molar-refractivity contribution < 1.29 is 18.7 Å². The number of rotatable bonds is 4.